The summed E-state index contributed by atoms with van der Waals surface area (Å²) in [5.74, 6) is 1.43. The molecule has 0 aliphatic rings. The average Bonchev–Trinajstić information content (AvgIpc) is 3.29. The van der Waals surface area contributed by atoms with Gasteiger partial charge in [-0.2, -0.15) is 4.98 Å². The molecule has 4 rings (SSSR count). The SMILES string of the molecule is COc1ccc(-c2ccc(C)c(NC(=O)CCc3nc(-c4ncccn4)no3)c2)cn1. The molecule has 0 saturated heterocycles. The average molecular weight is 416 g/mol. The fraction of sp³-hybridized carbons (Fsp3) is 0.182. The number of benzene rings is 1. The number of carbonyl (C=O) groups excluding carboxylic acids is 1. The van der Waals surface area contributed by atoms with Crippen LogP contribution in [0, 0.1) is 6.92 Å². The van der Waals surface area contributed by atoms with Crippen molar-refractivity contribution in [1.82, 2.24) is 25.1 Å². The molecule has 3 aromatic heterocycles. The van der Waals surface area contributed by atoms with Crippen LogP contribution in [0.3, 0.4) is 0 Å². The zero-order valence-corrected chi connectivity index (χ0v) is 17.1. The van der Waals surface area contributed by atoms with Crippen molar-refractivity contribution >= 4 is 11.6 Å². The minimum atomic E-state index is -0.149. The Hall–Kier alpha value is -4.14. The number of amides is 1. The second kappa shape index (κ2) is 9.12. The molecule has 9 heteroatoms. The number of aromatic nitrogens is 5. The van der Waals surface area contributed by atoms with Crippen LogP contribution in [0.4, 0.5) is 5.69 Å². The molecule has 0 spiro atoms. The van der Waals surface area contributed by atoms with E-state index in [0.717, 1.165) is 22.4 Å². The molecule has 3 heterocycles. The highest BCUT2D eigenvalue weighted by Gasteiger charge is 2.13. The van der Waals surface area contributed by atoms with Crippen molar-refractivity contribution in [3.63, 3.8) is 0 Å². The third-order valence-electron chi connectivity index (χ3n) is 4.59. The Labute approximate surface area is 178 Å². The zero-order chi connectivity index (χ0) is 21.6. The normalized spacial score (nSPS) is 10.6. The van der Waals surface area contributed by atoms with Gasteiger partial charge in [-0.1, -0.05) is 17.3 Å². The number of anilines is 1. The van der Waals surface area contributed by atoms with Gasteiger partial charge in [-0.3, -0.25) is 4.79 Å². The Bertz CT molecular complexity index is 1180. The topological polar surface area (TPSA) is 116 Å². The maximum Gasteiger partial charge on any atom is 0.240 e. The van der Waals surface area contributed by atoms with Crippen molar-refractivity contribution < 1.29 is 14.1 Å². The monoisotopic (exact) mass is 416 g/mol. The second-order valence-electron chi connectivity index (χ2n) is 6.75. The molecule has 0 aliphatic heterocycles. The lowest BCUT2D eigenvalue weighted by atomic mass is 10.0. The van der Waals surface area contributed by atoms with E-state index >= 15 is 0 Å². The van der Waals surface area contributed by atoms with Gasteiger partial charge in [0.15, 0.2) is 0 Å². The second-order valence-corrected chi connectivity index (χ2v) is 6.75. The van der Waals surface area contributed by atoms with Crippen LogP contribution < -0.4 is 10.1 Å². The Morgan fingerprint density at radius 1 is 1.06 bits per heavy atom. The van der Waals surface area contributed by atoms with Crippen molar-refractivity contribution in [3.05, 3.63) is 66.4 Å². The van der Waals surface area contributed by atoms with Crippen LogP contribution in [0.5, 0.6) is 5.88 Å². The highest BCUT2D eigenvalue weighted by molar-refractivity contribution is 5.92. The molecule has 4 aromatic rings. The smallest absolute Gasteiger partial charge is 0.240 e. The number of nitrogens with zero attached hydrogens (tertiary/aromatic N) is 5. The summed E-state index contributed by atoms with van der Waals surface area (Å²) in [6, 6.07) is 11.3. The lowest BCUT2D eigenvalue weighted by Crippen LogP contribution is -2.13. The first kappa shape index (κ1) is 20.1. The third kappa shape index (κ3) is 4.89. The lowest BCUT2D eigenvalue weighted by molar-refractivity contribution is -0.116. The van der Waals surface area contributed by atoms with E-state index in [1.54, 1.807) is 37.8 Å². The van der Waals surface area contributed by atoms with Crippen LogP contribution in [0.25, 0.3) is 22.8 Å². The molecule has 0 fully saturated rings. The molecule has 0 bridgehead atoms. The van der Waals surface area contributed by atoms with Gasteiger partial charge in [0, 0.05) is 48.7 Å². The predicted molar refractivity (Wildman–Crippen MR) is 113 cm³/mol. The summed E-state index contributed by atoms with van der Waals surface area (Å²) in [6.07, 6.45) is 5.45. The highest BCUT2D eigenvalue weighted by atomic mass is 16.5. The van der Waals surface area contributed by atoms with E-state index in [2.05, 4.69) is 30.4 Å². The van der Waals surface area contributed by atoms with Gasteiger partial charge in [0.1, 0.15) is 0 Å². The molecule has 0 aliphatic carbocycles. The van der Waals surface area contributed by atoms with E-state index in [1.807, 2.05) is 31.2 Å². The van der Waals surface area contributed by atoms with Crippen molar-refractivity contribution in [3.8, 4) is 28.7 Å². The molecule has 0 unspecified atom stereocenters. The predicted octanol–water partition coefficient (Wildman–Crippen LogP) is 3.48. The van der Waals surface area contributed by atoms with E-state index < -0.39 is 0 Å². The number of methoxy groups -OCH3 is 1. The summed E-state index contributed by atoms with van der Waals surface area (Å²) in [5.41, 5.74) is 3.57. The molecule has 1 amide bonds. The van der Waals surface area contributed by atoms with E-state index in [-0.39, 0.29) is 12.3 Å². The molecule has 31 heavy (non-hydrogen) atoms. The van der Waals surface area contributed by atoms with Gasteiger partial charge in [-0.05, 0) is 36.2 Å². The van der Waals surface area contributed by atoms with Crippen LogP contribution in [0.2, 0.25) is 0 Å². The Morgan fingerprint density at radius 3 is 2.61 bits per heavy atom. The summed E-state index contributed by atoms with van der Waals surface area (Å²) < 4.78 is 10.3. The van der Waals surface area contributed by atoms with Crippen molar-refractivity contribution in [2.24, 2.45) is 0 Å². The maximum absolute atomic E-state index is 12.5. The Balaban J connectivity index is 1.40. The number of rotatable bonds is 7. The molecule has 1 aromatic carbocycles. The molecular formula is C22H20N6O3. The lowest BCUT2D eigenvalue weighted by Gasteiger charge is -2.11. The molecule has 1 N–H and O–H groups in total. The van der Waals surface area contributed by atoms with Crippen molar-refractivity contribution in [2.45, 2.75) is 19.8 Å². The molecule has 0 radical (unpaired) electrons. The van der Waals surface area contributed by atoms with Crippen molar-refractivity contribution in [1.29, 1.82) is 0 Å². The van der Waals surface area contributed by atoms with Gasteiger partial charge in [-0.15, -0.1) is 0 Å². The molecule has 9 nitrogen and oxygen atoms in total. The molecule has 0 atom stereocenters. The van der Waals surface area contributed by atoms with E-state index in [9.17, 15) is 4.79 Å². The van der Waals surface area contributed by atoms with Gasteiger partial charge in [0.2, 0.25) is 29.3 Å². The summed E-state index contributed by atoms with van der Waals surface area (Å²) in [7, 11) is 1.58. The van der Waals surface area contributed by atoms with Gasteiger partial charge in [-0.25, -0.2) is 15.0 Å². The first-order valence-corrected chi connectivity index (χ1v) is 9.63. The number of pyridine rings is 1. The zero-order valence-electron chi connectivity index (χ0n) is 17.1. The summed E-state index contributed by atoms with van der Waals surface area (Å²) in [6.45, 7) is 1.94. The molecule has 156 valence electrons. The van der Waals surface area contributed by atoms with Gasteiger partial charge >= 0.3 is 0 Å². The van der Waals surface area contributed by atoms with Crippen molar-refractivity contribution in [2.75, 3.05) is 12.4 Å². The van der Waals surface area contributed by atoms with Gasteiger partial charge in [0.25, 0.3) is 0 Å². The van der Waals surface area contributed by atoms with Crippen LogP contribution in [-0.2, 0) is 11.2 Å². The number of hydrogen-bond donors (Lipinski definition) is 1. The number of nitrogens with one attached hydrogen (secondary N) is 1. The fourth-order valence-electron chi connectivity index (χ4n) is 2.90. The fourth-order valence-corrected chi connectivity index (χ4v) is 2.90. The molecular weight excluding hydrogens is 396 g/mol. The van der Waals surface area contributed by atoms with Crippen LogP contribution >= 0.6 is 0 Å². The Kier molecular flexibility index (Phi) is 5.93. The number of carbonyl (C=O) groups is 1. The van der Waals surface area contributed by atoms with E-state index in [1.165, 1.54) is 0 Å². The minimum absolute atomic E-state index is 0.149. The number of ether oxygens (including phenoxy) is 1. The quantitative estimate of drug-likeness (QED) is 0.487. The van der Waals surface area contributed by atoms with Gasteiger partial charge in [0.05, 0.1) is 7.11 Å². The largest absolute Gasteiger partial charge is 0.481 e. The first-order chi connectivity index (χ1) is 15.1. The summed E-state index contributed by atoms with van der Waals surface area (Å²) >= 11 is 0. The standard InChI is InChI=1S/C22H20N6O3/c1-14-4-5-15(16-6-8-19(30-2)25-13-16)12-17(14)26-18(29)7-9-20-27-22(28-31-20)21-23-10-3-11-24-21/h3-6,8,10-13H,7,9H2,1-2H3,(H,26,29). The van der Waals surface area contributed by atoms with Crippen LogP contribution in [0.1, 0.15) is 17.9 Å². The highest BCUT2D eigenvalue weighted by Crippen LogP contribution is 2.26. The van der Waals surface area contributed by atoms with Crippen LogP contribution in [0.15, 0.2) is 59.5 Å². The minimum Gasteiger partial charge on any atom is -0.481 e. The van der Waals surface area contributed by atoms with E-state index in [4.69, 9.17) is 9.26 Å². The summed E-state index contributed by atoms with van der Waals surface area (Å²) in [4.78, 5) is 29.1. The Morgan fingerprint density at radius 2 is 1.87 bits per heavy atom. The third-order valence-corrected chi connectivity index (χ3v) is 4.59. The maximum atomic E-state index is 12.5. The number of hydrogen-bond acceptors (Lipinski definition) is 8. The van der Waals surface area contributed by atoms with E-state index in [0.29, 0.717) is 29.8 Å². The van der Waals surface area contributed by atoms with Crippen LogP contribution in [-0.4, -0.2) is 38.1 Å². The molecule has 0 saturated carbocycles. The summed E-state index contributed by atoms with van der Waals surface area (Å²) in [5, 5.41) is 6.82. The van der Waals surface area contributed by atoms with Gasteiger partial charge < -0.3 is 14.6 Å². The first-order valence-electron chi connectivity index (χ1n) is 9.63. The number of aryl methyl sites for hydroxylation is 2.